The molecular weight excluding hydrogens is 262 g/mol. The van der Waals surface area contributed by atoms with Gasteiger partial charge >= 0.3 is 0 Å². The highest BCUT2D eigenvalue weighted by Crippen LogP contribution is 2.16. The highest BCUT2D eigenvalue weighted by Gasteiger charge is 2.18. The van der Waals surface area contributed by atoms with Crippen LogP contribution in [0.3, 0.4) is 0 Å². The van der Waals surface area contributed by atoms with E-state index in [-0.39, 0.29) is 0 Å². The Morgan fingerprint density at radius 2 is 2.24 bits per heavy atom. The van der Waals surface area contributed by atoms with Crippen LogP contribution < -0.4 is 5.32 Å². The fourth-order valence-corrected chi connectivity index (χ4v) is 2.45. The van der Waals surface area contributed by atoms with E-state index < -0.39 is 0 Å². The van der Waals surface area contributed by atoms with E-state index in [1.807, 2.05) is 19.1 Å². The van der Waals surface area contributed by atoms with Gasteiger partial charge in [-0.05, 0) is 37.8 Å². The summed E-state index contributed by atoms with van der Waals surface area (Å²) in [5, 5.41) is 3.47. The standard InChI is InChI=1S/C17H27N3O/c1-14(2)13-19-17(20-10-7-15(3)8-11-20)18-9-6-16-5-4-12-21-16/h4-5,12,15H,1,6-11,13H2,2-3H3,(H,18,19). The zero-order valence-electron chi connectivity index (χ0n) is 13.3. The lowest BCUT2D eigenvalue weighted by Gasteiger charge is -2.33. The number of furan rings is 1. The van der Waals surface area contributed by atoms with Gasteiger partial charge in [0.1, 0.15) is 5.76 Å². The molecule has 21 heavy (non-hydrogen) atoms. The van der Waals surface area contributed by atoms with Gasteiger partial charge in [0.05, 0.1) is 12.8 Å². The van der Waals surface area contributed by atoms with Crippen LogP contribution in [0.4, 0.5) is 0 Å². The Kier molecular flexibility index (Phi) is 5.90. The Hall–Kier alpha value is -1.71. The molecule has 1 N–H and O–H groups in total. The molecule has 0 radical (unpaired) electrons. The summed E-state index contributed by atoms with van der Waals surface area (Å²) in [6, 6.07) is 3.94. The Bertz CT molecular complexity index is 456. The van der Waals surface area contributed by atoms with E-state index in [0.717, 1.165) is 49.3 Å². The first-order valence-corrected chi connectivity index (χ1v) is 7.85. The second-order valence-corrected chi connectivity index (χ2v) is 6.02. The van der Waals surface area contributed by atoms with Gasteiger partial charge in [-0.3, -0.25) is 0 Å². The number of hydrogen-bond donors (Lipinski definition) is 1. The molecule has 0 saturated carbocycles. The molecule has 1 aromatic heterocycles. The minimum absolute atomic E-state index is 0.690. The van der Waals surface area contributed by atoms with Crippen molar-refractivity contribution in [3.05, 3.63) is 36.3 Å². The van der Waals surface area contributed by atoms with Gasteiger partial charge in [0.15, 0.2) is 5.96 Å². The Morgan fingerprint density at radius 3 is 2.86 bits per heavy atom. The summed E-state index contributed by atoms with van der Waals surface area (Å²) in [5.41, 5.74) is 1.09. The van der Waals surface area contributed by atoms with E-state index in [1.165, 1.54) is 12.8 Å². The van der Waals surface area contributed by atoms with E-state index in [0.29, 0.717) is 6.54 Å². The number of nitrogens with one attached hydrogen (secondary N) is 1. The van der Waals surface area contributed by atoms with Crippen LogP contribution in [0.1, 0.15) is 32.4 Å². The van der Waals surface area contributed by atoms with Crippen molar-refractivity contribution in [3.63, 3.8) is 0 Å². The number of aliphatic imine (C=N–C) groups is 1. The van der Waals surface area contributed by atoms with E-state index in [9.17, 15) is 0 Å². The number of piperidine rings is 1. The summed E-state index contributed by atoms with van der Waals surface area (Å²) in [6.07, 6.45) is 5.08. The summed E-state index contributed by atoms with van der Waals surface area (Å²) in [5.74, 6) is 2.84. The molecule has 0 aromatic carbocycles. The van der Waals surface area contributed by atoms with Gasteiger partial charge in [-0.1, -0.05) is 19.1 Å². The highest BCUT2D eigenvalue weighted by atomic mass is 16.3. The van der Waals surface area contributed by atoms with Gasteiger partial charge in [0.25, 0.3) is 0 Å². The smallest absolute Gasteiger partial charge is 0.194 e. The van der Waals surface area contributed by atoms with Gasteiger partial charge in [-0.15, -0.1) is 0 Å². The molecule has 2 rings (SSSR count). The summed E-state index contributed by atoms with van der Waals surface area (Å²) in [7, 11) is 0. The average molecular weight is 289 g/mol. The van der Waals surface area contributed by atoms with Crippen LogP contribution in [0.5, 0.6) is 0 Å². The lowest BCUT2D eigenvalue weighted by atomic mass is 9.99. The molecule has 0 aliphatic carbocycles. The van der Waals surface area contributed by atoms with Gasteiger partial charge in [-0.25, -0.2) is 4.99 Å². The fourth-order valence-electron chi connectivity index (χ4n) is 2.45. The van der Waals surface area contributed by atoms with Crippen molar-refractivity contribution < 1.29 is 4.42 Å². The molecule has 0 atom stereocenters. The van der Waals surface area contributed by atoms with Crippen molar-refractivity contribution in [3.8, 4) is 0 Å². The van der Waals surface area contributed by atoms with E-state index in [4.69, 9.17) is 9.41 Å². The summed E-state index contributed by atoms with van der Waals surface area (Å²) in [6.45, 7) is 12.0. The molecule has 116 valence electrons. The first-order valence-electron chi connectivity index (χ1n) is 7.85. The maximum Gasteiger partial charge on any atom is 0.194 e. The summed E-state index contributed by atoms with van der Waals surface area (Å²) < 4.78 is 5.37. The molecule has 1 fully saturated rings. The molecule has 1 saturated heterocycles. The molecule has 0 bridgehead atoms. The first kappa shape index (κ1) is 15.7. The average Bonchev–Trinajstić information content (AvgIpc) is 2.97. The van der Waals surface area contributed by atoms with Gasteiger partial charge < -0.3 is 14.6 Å². The molecule has 1 aromatic rings. The second-order valence-electron chi connectivity index (χ2n) is 6.02. The third-order valence-electron chi connectivity index (χ3n) is 3.82. The summed E-state index contributed by atoms with van der Waals surface area (Å²) in [4.78, 5) is 7.06. The van der Waals surface area contributed by atoms with Crippen LogP contribution in [0.2, 0.25) is 0 Å². The zero-order chi connectivity index (χ0) is 15.1. The quantitative estimate of drug-likeness (QED) is 0.514. The van der Waals surface area contributed by atoms with E-state index in [2.05, 4.69) is 23.7 Å². The number of rotatable bonds is 5. The molecule has 1 aliphatic heterocycles. The maximum absolute atomic E-state index is 5.37. The van der Waals surface area contributed by atoms with Crippen molar-refractivity contribution in [1.82, 2.24) is 10.2 Å². The molecule has 0 amide bonds. The molecule has 2 heterocycles. The number of guanidine groups is 1. The molecular formula is C17H27N3O. The SMILES string of the molecule is C=C(C)CN=C(NCCc1ccco1)N1CCC(C)CC1. The van der Waals surface area contributed by atoms with Gasteiger partial charge in [-0.2, -0.15) is 0 Å². The van der Waals surface area contributed by atoms with Crippen LogP contribution in [-0.4, -0.2) is 37.0 Å². The molecule has 4 heteroatoms. The van der Waals surface area contributed by atoms with Gasteiger partial charge in [0.2, 0.25) is 0 Å². The van der Waals surface area contributed by atoms with Crippen molar-refractivity contribution in [2.24, 2.45) is 10.9 Å². The Labute approximate surface area is 127 Å². The topological polar surface area (TPSA) is 40.8 Å². The van der Waals surface area contributed by atoms with E-state index in [1.54, 1.807) is 6.26 Å². The number of likely N-dealkylation sites (tertiary alicyclic amines) is 1. The van der Waals surface area contributed by atoms with Crippen LogP contribution in [0.25, 0.3) is 0 Å². The number of hydrogen-bond acceptors (Lipinski definition) is 2. The molecule has 0 spiro atoms. The summed E-state index contributed by atoms with van der Waals surface area (Å²) >= 11 is 0. The van der Waals surface area contributed by atoms with Crippen LogP contribution in [0.15, 0.2) is 40.0 Å². The number of nitrogens with zero attached hydrogens (tertiary/aromatic N) is 2. The van der Waals surface area contributed by atoms with Crippen LogP contribution in [-0.2, 0) is 6.42 Å². The third kappa shape index (κ3) is 5.29. The molecule has 0 unspecified atom stereocenters. The van der Waals surface area contributed by atoms with E-state index >= 15 is 0 Å². The maximum atomic E-state index is 5.37. The lowest BCUT2D eigenvalue weighted by molar-refractivity contribution is 0.273. The molecule has 4 nitrogen and oxygen atoms in total. The predicted octanol–water partition coefficient (Wildman–Crippen LogP) is 3.08. The predicted molar refractivity (Wildman–Crippen MR) is 87.5 cm³/mol. The largest absolute Gasteiger partial charge is 0.469 e. The van der Waals surface area contributed by atoms with Crippen molar-refractivity contribution in [1.29, 1.82) is 0 Å². The first-order chi connectivity index (χ1) is 10.1. The van der Waals surface area contributed by atoms with Crippen molar-refractivity contribution in [2.45, 2.75) is 33.1 Å². The van der Waals surface area contributed by atoms with Gasteiger partial charge in [0, 0.05) is 26.1 Å². The van der Waals surface area contributed by atoms with Crippen LogP contribution >= 0.6 is 0 Å². The fraction of sp³-hybridized carbons (Fsp3) is 0.588. The Morgan fingerprint density at radius 1 is 1.48 bits per heavy atom. The lowest BCUT2D eigenvalue weighted by Crippen LogP contribution is -2.46. The van der Waals surface area contributed by atoms with Crippen LogP contribution in [0, 0.1) is 5.92 Å². The normalized spacial score (nSPS) is 17.0. The monoisotopic (exact) mass is 289 g/mol. The van der Waals surface area contributed by atoms with Crippen molar-refractivity contribution >= 4 is 5.96 Å². The third-order valence-corrected chi connectivity index (χ3v) is 3.82. The van der Waals surface area contributed by atoms with Crippen molar-refractivity contribution in [2.75, 3.05) is 26.2 Å². The second kappa shape index (κ2) is 7.91. The highest BCUT2D eigenvalue weighted by molar-refractivity contribution is 5.80. The minimum atomic E-state index is 0.690. The minimum Gasteiger partial charge on any atom is -0.469 e. The Balaban J connectivity index is 1.88. The zero-order valence-corrected chi connectivity index (χ0v) is 13.3. The molecule has 1 aliphatic rings.